The molecule has 0 radical (unpaired) electrons. The maximum absolute atomic E-state index is 12.2. The van der Waals surface area contributed by atoms with Crippen LogP contribution in [0.4, 0.5) is 11.5 Å². The first kappa shape index (κ1) is 18.4. The molecule has 140 valence electrons. The van der Waals surface area contributed by atoms with Gasteiger partial charge in [-0.25, -0.2) is 4.98 Å². The molecule has 0 spiro atoms. The Morgan fingerprint density at radius 3 is 2.48 bits per heavy atom. The Morgan fingerprint density at radius 2 is 1.89 bits per heavy atom. The Hall–Kier alpha value is -3.42. The van der Waals surface area contributed by atoms with Gasteiger partial charge in [-0.05, 0) is 17.7 Å². The van der Waals surface area contributed by atoms with E-state index in [1.54, 1.807) is 36.5 Å². The first-order chi connectivity index (χ1) is 12.8. The second-order valence-electron chi connectivity index (χ2n) is 7.14. The minimum Gasteiger partial charge on any atom is -0.359 e. The Balaban J connectivity index is 1.55. The Labute approximate surface area is 156 Å². The molecule has 3 N–H and O–H groups in total. The van der Waals surface area contributed by atoms with Crippen LogP contribution in [0.25, 0.3) is 0 Å². The van der Waals surface area contributed by atoms with E-state index in [0.717, 1.165) is 5.56 Å². The van der Waals surface area contributed by atoms with E-state index in [0.29, 0.717) is 17.3 Å². The molecule has 1 aromatic carbocycles. The Bertz CT molecular complexity index is 921. The topological polar surface area (TPSA) is 113 Å². The zero-order valence-electron chi connectivity index (χ0n) is 15.4. The van der Waals surface area contributed by atoms with Crippen LogP contribution in [0.5, 0.6) is 0 Å². The standard InChI is InChI=1S/C19H21N5O3/c1-19(2,3)14-11-15(24-27-14)23-16(25)10-12-4-6-13(7-5-12)22-18(26)17-20-8-9-21-17/h4-9,11H,10H2,1-3H3,(H,20,21)(H,22,26)(H,23,24,25). The number of benzene rings is 1. The zero-order valence-corrected chi connectivity index (χ0v) is 15.4. The summed E-state index contributed by atoms with van der Waals surface area (Å²) in [5.74, 6) is 0.810. The van der Waals surface area contributed by atoms with Crippen LogP contribution >= 0.6 is 0 Å². The summed E-state index contributed by atoms with van der Waals surface area (Å²) >= 11 is 0. The van der Waals surface area contributed by atoms with E-state index in [-0.39, 0.29) is 29.5 Å². The van der Waals surface area contributed by atoms with Gasteiger partial charge in [0, 0.05) is 29.6 Å². The van der Waals surface area contributed by atoms with Crippen LogP contribution in [0.1, 0.15) is 42.7 Å². The summed E-state index contributed by atoms with van der Waals surface area (Å²) in [5, 5.41) is 9.32. The lowest BCUT2D eigenvalue weighted by Crippen LogP contribution is -2.15. The number of carbonyl (C=O) groups is 2. The van der Waals surface area contributed by atoms with E-state index in [1.165, 1.54) is 6.20 Å². The summed E-state index contributed by atoms with van der Waals surface area (Å²) in [6.07, 6.45) is 3.27. The van der Waals surface area contributed by atoms with Gasteiger partial charge in [0.2, 0.25) is 5.91 Å². The van der Waals surface area contributed by atoms with Crippen molar-refractivity contribution in [3.63, 3.8) is 0 Å². The third-order valence-corrected chi connectivity index (χ3v) is 3.81. The number of hydrogen-bond acceptors (Lipinski definition) is 5. The SMILES string of the molecule is CC(C)(C)c1cc(NC(=O)Cc2ccc(NC(=O)c3ncc[nH]3)cc2)no1. The number of rotatable bonds is 5. The fourth-order valence-electron chi connectivity index (χ4n) is 2.35. The van der Waals surface area contributed by atoms with Gasteiger partial charge in [-0.3, -0.25) is 9.59 Å². The largest absolute Gasteiger partial charge is 0.359 e. The Morgan fingerprint density at radius 1 is 1.15 bits per heavy atom. The maximum atomic E-state index is 12.2. The van der Waals surface area contributed by atoms with Gasteiger partial charge in [-0.15, -0.1) is 0 Å². The van der Waals surface area contributed by atoms with E-state index in [9.17, 15) is 9.59 Å². The molecule has 0 fully saturated rings. The average molecular weight is 367 g/mol. The maximum Gasteiger partial charge on any atom is 0.291 e. The van der Waals surface area contributed by atoms with E-state index in [4.69, 9.17) is 4.52 Å². The summed E-state index contributed by atoms with van der Waals surface area (Å²) < 4.78 is 5.25. The number of nitrogens with one attached hydrogen (secondary N) is 3. The fourth-order valence-corrected chi connectivity index (χ4v) is 2.35. The minimum atomic E-state index is -0.328. The lowest BCUT2D eigenvalue weighted by Gasteiger charge is -2.12. The van der Waals surface area contributed by atoms with Gasteiger partial charge in [-0.1, -0.05) is 38.1 Å². The molecule has 2 aromatic heterocycles. The minimum absolute atomic E-state index is 0.175. The van der Waals surface area contributed by atoms with Crippen molar-refractivity contribution in [3.05, 3.63) is 59.9 Å². The molecule has 2 heterocycles. The van der Waals surface area contributed by atoms with Crippen molar-refractivity contribution in [1.82, 2.24) is 15.1 Å². The molecular formula is C19H21N5O3. The summed E-state index contributed by atoms with van der Waals surface area (Å²) in [5.41, 5.74) is 1.25. The van der Waals surface area contributed by atoms with Crippen molar-refractivity contribution in [3.8, 4) is 0 Å². The third-order valence-electron chi connectivity index (χ3n) is 3.81. The van der Waals surface area contributed by atoms with Crippen molar-refractivity contribution in [2.45, 2.75) is 32.6 Å². The number of amides is 2. The quantitative estimate of drug-likeness (QED) is 0.641. The number of anilines is 2. The van der Waals surface area contributed by atoms with Crippen molar-refractivity contribution in [2.24, 2.45) is 0 Å². The van der Waals surface area contributed by atoms with Gasteiger partial charge in [-0.2, -0.15) is 0 Å². The highest BCUT2D eigenvalue weighted by Crippen LogP contribution is 2.24. The second kappa shape index (κ2) is 7.45. The van der Waals surface area contributed by atoms with Gasteiger partial charge >= 0.3 is 0 Å². The van der Waals surface area contributed by atoms with Gasteiger partial charge in [0.15, 0.2) is 11.6 Å². The first-order valence-electron chi connectivity index (χ1n) is 8.48. The zero-order chi connectivity index (χ0) is 19.4. The van der Waals surface area contributed by atoms with Crippen molar-refractivity contribution in [2.75, 3.05) is 10.6 Å². The number of nitrogens with zero attached hydrogens (tertiary/aromatic N) is 2. The van der Waals surface area contributed by atoms with Crippen molar-refractivity contribution < 1.29 is 14.1 Å². The summed E-state index contributed by atoms with van der Waals surface area (Å²) in [6.45, 7) is 6.02. The molecule has 27 heavy (non-hydrogen) atoms. The molecule has 0 saturated heterocycles. The van der Waals surface area contributed by atoms with Crippen LogP contribution in [0.3, 0.4) is 0 Å². The molecule has 3 rings (SSSR count). The van der Waals surface area contributed by atoms with Crippen LogP contribution in [-0.2, 0) is 16.6 Å². The molecule has 0 aliphatic heterocycles. The lowest BCUT2D eigenvalue weighted by molar-refractivity contribution is -0.115. The highest BCUT2D eigenvalue weighted by Gasteiger charge is 2.20. The van der Waals surface area contributed by atoms with Gasteiger partial charge in [0.1, 0.15) is 5.76 Å². The molecule has 3 aromatic rings. The van der Waals surface area contributed by atoms with Gasteiger partial charge in [0.05, 0.1) is 6.42 Å². The van der Waals surface area contributed by atoms with Crippen LogP contribution in [0.2, 0.25) is 0 Å². The van der Waals surface area contributed by atoms with Crippen LogP contribution in [0, 0.1) is 0 Å². The number of aromatic amines is 1. The molecule has 0 bridgehead atoms. The summed E-state index contributed by atoms with van der Waals surface area (Å²) in [6, 6.07) is 8.75. The van der Waals surface area contributed by atoms with E-state index >= 15 is 0 Å². The molecule has 0 saturated carbocycles. The number of carbonyl (C=O) groups excluding carboxylic acids is 2. The molecule has 0 atom stereocenters. The van der Waals surface area contributed by atoms with E-state index in [2.05, 4.69) is 25.8 Å². The predicted molar refractivity (Wildman–Crippen MR) is 101 cm³/mol. The molecule has 0 aliphatic rings. The normalized spacial score (nSPS) is 11.2. The number of aromatic nitrogens is 3. The molecule has 2 amide bonds. The van der Waals surface area contributed by atoms with Crippen molar-refractivity contribution >= 4 is 23.3 Å². The predicted octanol–water partition coefficient (Wildman–Crippen LogP) is 3.13. The third kappa shape index (κ3) is 4.81. The highest BCUT2D eigenvalue weighted by atomic mass is 16.5. The Kier molecular flexibility index (Phi) is 5.07. The molecule has 0 unspecified atom stereocenters. The number of hydrogen-bond donors (Lipinski definition) is 3. The molecular weight excluding hydrogens is 346 g/mol. The van der Waals surface area contributed by atoms with Crippen LogP contribution < -0.4 is 10.6 Å². The number of imidazole rings is 1. The highest BCUT2D eigenvalue weighted by molar-refractivity contribution is 6.01. The first-order valence-corrected chi connectivity index (χ1v) is 8.48. The van der Waals surface area contributed by atoms with Gasteiger partial charge in [0.25, 0.3) is 5.91 Å². The van der Waals surface area contributed by atoms with E-state index in [1.807, 2.05) is 20.8 Å². The summed E-state index contributed by atoms with van der Waals surface area (Å²) in [7, 11) is 0. The fraction of sp³-hybridized carbons (Fsp3) is 0.263. The van der Waals surface area contributed by atoms with Crippen LogP contribution in [0.15, 0.2) is 47.2 Å². The van der Waals surface area contributed by atoms with Gasteiger partial charge < -0.3 is 20.1 Å². The molecule has 8 nitrogen and oxygen atoms in total. The summed E-state index contributed by atoms with van der Waals surface area (Å²) in [4.78, 5) is 30.7. The smallest absolute Gasteiger partial charge is 0.291 e. The monoisotopic (exact) mass is 367 g/mol. The van der Waals surface area contributed by atoms with E-state index < -0.39 is 0 Å². The second-order valence-corrected chi connectivity index (χ2v) is 7.14. The molecule has 8 heteroatoms. The average Bonchev–Trinajstić information content (AvgIpc) is 3.27. The lowest BCUT2D eigenvalue weighted by atomic mass is 9.93. The number of H-pyrrole nitrogens is 1. The molecule has 0 aliphatic carbocycles. The van der Waals surface area contributed by atoms with Crippen molar-refractivity contribution in [1.29, 1.82) is 0 Å². The van der Waals surface area contributed by atoms with Crippen LogP contribution in [-0.4, -0.2) is 26.9 Å².